The molecule has 0 radical (unpaired) electrons. The molecule has 0 aliphatic carbocycles. The van der Waals surface area contributed by atoms with E-state index in [0.29, 0.717) is 18.0 Å². The van der Waals surface area contributed by atoms with Gasteiger partial charge in [-0.3, -0.25) is 4.79 Å². The number of carbonyl (C=O) groups excluding carboxylic acids is 1. The van der Waals surface area contributed by atoms with Gasteiger partial charge in [0.05, 0.1) is 12.6 Å². The number of methoxy groups -OCH3 is 1. The second kappa shape index (κ2) is 7.25. The van der Waals surface area contributed by atoms with E-state index < -0.39 is 0 Å². The van der Waals surface area contributed by atoms with Gasteiger partial charge >= 0.3 is 0 Å². The van der Waals surface area contributed by atoms with Gasteiger partial charge in [-0.2, -0.15) is 0 Å². The summed E-state index contributed by atoms with van der Waals surface area (Å²) in [5.74, 6) is 0.0737. The number of hydrogen-bond acceptors (Lipinski definition) is 3. The van der Waals surface area contributed by atoms with Gasteiger partial charge < -0.3 is 14.5 Å². The topological polar surface area (TPSA) is 51.5 Å². The standard InChI is InChI=1S/C23H21NO3/c1-15(17-12-11-16-7-3-4-8-18(16)13-17)24-23(25)22-20(14-26-2)19-9-5-6-10-21(19)27-22/h3-13,15H,14H2,1-2H3,(H,24,25). The summed E-state index contributed by atoms with van der Waals surface area (Å²) in [4.78, 5) is 12.9. The van der Waals surface area contributed by atoms with Crippen molar-refractivity contribution in [1.82, 2.24) is 5.32 Å². The van der Waals surface area contributed by atoms with Crippen molar-refractivity contribution in [3.8, 4) is 0 Å². The van der Waals surface area contributed by atoms with E-state index in [1.807, 2.05) is 49.4 Å². The van der Waals surface area contributed by atoms with Gasteiger partial charge in [0.25, 0.3) is 5.91 Å². The molecule has 1 atom stereocenters. The van der Waals surface area contributed by atoms with E-state index in [-0.39, 0.29) is 11.9 Å². The summed E-state index contributed by atoms with van der Waals surface area (Å²) in [6.07, 6.45) is 0. The van der Waals surface area contributed by atoms with Gasteiger partial charge in [0.2, 0.25) is 0 Å². The highest BCUT2D eigenvalue weighted by molar-refractivity contribution is 5.99. The number of furan rings is 1. The van der Waals surface area contributed by atoms with Crippen LogP contribution in [0.5, 0.6) is 0 Å². The Kier molecular flexibility index (Phi) is 4.65. The van der Waals surface area contributed by atoms with E-state index in [0.717, 1.165) is 21.9 Å². The minimum atomic E-state index is -0.237. The molecular weight excluding hydrogens is 338 g/mol. The van der Waals surface area contributed by atoms with Crippen LogP contribution in [-0.4, -0.2) is 13.0 Å². The highest BCUT2D eigenvalue weighted by atomic mass is 16.5. The second-order valence-corrected chi connectivity index (χ2v) is 6.64. The molecule has 0 spiro atoms. The zero-order valence-corrected chi connectivity index (χ0v) is 15.4. The number of ether oxygens (including phenoxy) is 1. The van der Waals surface area contributed by atoms with Crippen molar-refractivity contribution >= 4 is 27.6 Å². The molecule has 0 aliphatic heterocycles. The minimum Gasteiger partial charge on any atom is -0.451 e. The van der Waals surface area contributed by atoms with E-state index in [9.17, 15) is 4.79 Å². The Morgan fingerprint density at radius 2 is 1.78 bits per heavy atom. The zero-order valence-electron chi connectivity index (χ0n) is 15.4. The second-order valence-electron chi connectivity index (χ2n) is 6.64. The maximum atomic E-state index is 12.9. The van der Waals surface area contributed by atoms with Crippen LogP contribution in [0.1, 0.15) is 34.6 Å². The van der Waals surface area contributed by atoms with E-state index in [1.54, 1.807) is 7.11 Å². The maximum absolute atomic E-state index is 12.9. The molecule has 4 rings (SSSR count). The normalized spacial score (nSPS) is 12.4. The summed E-state index contributed by atoms with van der Waals surface area (Å²) < 4.78 is 11.1. The minimum absolute atomic E-state index is 0.147. The van der Waals surface area contributed by atoms with Crippen LogP contribution in [0, 0.1) is 0 Å². The van der Waals surface area contributed by atoms with Gasteiger partial charge in [-0.25, -0.2) is 0 Å². The third-order valence-corrected chi connectivity index (χ3v) is 4.81. The lowest BCUT2D eigenvalue weighted by molar-refractivity contribution is 0.0907. The fourth-order valence-corrected chi connectivity index (χ4v) is 3.39. The van der Waals surface area contributed by atoms with Crippen LogP contribution >= 0.6 is 0 Å². The van der Waals surface area contributed by atoms with Crippen molar-refractivity contribution in [1.29, 1.82) is 0 Å². The van der Waals surface area contributed by atoms with Crippen LogP contribution in [0.3, 0.4) is 0 Å². The van der Waals surface area contributed by atoms with Crippen molar-refractivity contribution in [2.45, 2.75) is 19.6 Å². The van der Waals surface area contributed by atoms with Crippen molar-refractivity contribution < 1.29 is 13.9 Å². The highest BCUT2D eigenvalue weighted by Gasteiger charge is 2.22. The first kappa shape index (κ1) is 17.3. The van der Waals surface area contributed by atoms with E-state index >= 15 is 0 Å². The predicted molar refractivity (Wildman–Crippen MR) is 107 cm³/mol. The van der Waals surface area contributed by atoms with Gasteiger partial charge in [-0.15, -0.1) is 0 Å². The van der Waals surface area contributed by atoms with Gasteiger partial charge in [-0.1, -0.05) is 54.6 Å². The molecular formula is C23H21NO3. The first-order valence-electron chi connectivity index (χ1n) is 8.96. The first-order valence-corrected chi connectivity index (χ1v) is 8.96. The number of amides is 1. The Labute approximate surface area is 157 Å². The average molecular weight is 359 g/mol. The highest BCUT2D eigenvalue weighted by Crippen LogP contribution is 2.27. The maximum Gasteiger partial charge on any atom is 0.287 e. The molecule has 1 aromatic heterocycles. The lowest BCUT2D eigenvalue weighted by atomic mass is 10.0. The van der Waals surface area contributed by atoms with Crippen molar-refractivity contribution in [3.63, 3.8) is 0 Å². The van der Waals surface area contributed by atoms with Crippen molar-refractivity contribution in [3.05, 3.63) is 83.6 Å². The molecule has 4 nitrogen and oxygen atoms in total. The number of para-hydroxylation sites is 1. The number of benzene rings is 3. The van der Waals surface area contributed by atoms with Crippen LogP contribution in [-0.2, 0) is 11.3 Å². The molecule has 0 saturated heterocycles. The lowest BCUT2D eigenvalue weighted by Crippen LogP contribution is -2.27. The molecule has 4 heteroatoms. The van der Waals surface area contributed by atoms with Crippen molar-refractivity contribution in [2.24, 2.45) is 0 Å². The monoisotopic (exact) mass is 359 g/mol. The van der Waals surface area contributed by atoms with Crippen LogP contribution in [0.4, 0.5) is 0 Å². The molecule has 0 aliphatic rings. The SMILES string of the molecule is COCc1c(C(=O)NC(C)c2ccc3ccccc3c2)oc2ccccc12. The summed E-state index contributed by atoms with van der Waals surface area (Å²) in [7, 11) is 1.61. The van der Waals surface area contributed by atoms with Crippen LogP contribution in [0.2, 0.25) is 0 Å². The Hall–Kier alpha value is -3.11. The molecule has 0 saturated carbocycles. The molecule has 1 N–H and O–H groups in total. The van der Waals surface area contributed by atoms with Gasteiger partial charge in [0.1, 0.15) is 5.58 Å². The van der Waals surface area contributed by atoms with Crippen molar-refractivity contribution in [2.75, 3.05) is 7.11 Å². The van der Waals surface area contributed by atoms with E-state index in [1.165, 1.54) is 5.39 Å². The fourth-order valence-electron chi connectivity index (χ4n) is 3.39. The lowest BCUT2D eigenvalue weighted by Gasteiger charge is -2.15. The van der Waals surface area contributed by atoms with Gasteiger partial charge in [0, 0.05) is 18.1 Å². The Morgan fingerprint density at radius 1 is 1.04 bits per heavy atom. The molecule has 4 aromatic rings. The largest absolute Gasteiger partial charge is 0.451 e. The van der Waals surface area contributed by atoms with Gasteiger partial charge in [0.15, 0.2) is 5.76 Å². The number of fused-ring (bicyclic) bond motifs is 2. The molecule has 0 bridgehead atoms. The fraction of sp³-hybridized carbons (Fsp3) is 0.174. The number of rotatable bonds is 5. The molecule has 0 fully saturated rings. The summed E-state index contributed by atoms with van der Waals surface area (Å²) in [5, 5.41) is 6.29. The van der Waals surface area contributed by atoms with Gasteiger partial charge in [-0.05, 0) is 35.4 Å². The summed E-state index contributed by atoms with van der Waals surface area (Å²) in [5.41, 5.74) is 2.51. The number of nitrogens with one attached hydrogen (secondary N) is 1. The van der Waals surface area contributed by atoms with E-state index in [2.05, 4.69) is 29.6 Å². The Morgan fingerprint density at radius 3 is 2.59 bits per heavy atom. The Bertz CT molecular complexity index is 1110. The molecule has 27 heavy (non-hydrogen) atoms. The summed E-state index contributed by atoms with van der Waals surface area (Å²) >= 11 is 0. The zero-order chi connectivity index (χ0) is 18.8. The summed E-state index contributed by atoms with van der Waals surface area (Å²) in [6.45, 7) is 2.30. The molecule has 1 unspecified atom stereocenters. The predicted octanol–water partition coefficient (Wildman–Crippen LogP) is 5.22. The average Bonchev–Trinajstić information content (AvgIpc) is 3.07. The van der Waals surface area contributed by atoms with E-state index in [4.69, 9.17) is 9.15 Å². The third-order valence-electron chi connectivity index (χ3n) is 4.81. The van der Waals surface area contributed by atoms with Crippen LogP contribution < -0.4 is 5.32 Å². The molecule has 1 amide bonds. The number of carbonyl (C=O) groups is 1. The first-order chi connectivity index (χ1) is 13.2. The molecule has 136 valence electrons. The molecule has 3 aromatic carbocycles. The van der Waals surface area contributed by atoms with Crippen LogP contribution in [0.25, 0.3) is 21.7 Å². The third kappa shape index (κ3) is 3.32. The number of hydrogen-bond donors (Lipinski definition) is 1. The summed E-state index contributed by atoms with van der Waals surface area (Å²) in [6, 6.07) is 21.9. The smallest absolute Gasteiger partial charge is 0.287 e. The van der Waals surface area contributed by atoms with Crippen LogP contribution in [0.15, 0.2) is 71.1 Å². The Balaban J connectivity index is 1.63. The quantitative estimate of drug-likeness (QED) is 0.531. The molecule has 1 heterocycles.